The summed E-state index contributed by atoms with van der Waals surface area (Å²) < 4.78 is 2.16. The fraction of sp³-hybridized carbons (Fsp3) is 0.438. The maximum absolute atomic E-state index is 4.63. The molecule has 0 aliphatic heterocycles. The van der Waals surface area contributed by atoms with Gasteiger partial charge in [0.05, 0.1) is 11.4 Å². The molecule has 0 saturated heterocycles. The van der Waals surface area contributed by atoms with Crippen LogP contribution in [-0.2, 0) is 13.6 Å². The van der Waals surface area contributed by atoms with E-state index in [2.05, 4.69) is 60.0 Å². The van der Waals surface area contributed by atoms with E-state index in [0.717, 1.165) is 18.1 Å². The number of aryl methyl sites for hydroxylation is 1. The van der Waals surface area contributed by atoms with Gasteiger partial charge < -0.3 is 9.88 Å². The Labute approximate surface area is 115 Å². The van der Waals surface area contributed by atoms with Crippen LogP contribution < -0.4 is 5.32 Å². The van der Waals surface area contributed by atoms with Crippen molar-refractivity contribution < 1.29 is 0 Å². The van der Waals surface area contributed by atoms with Crippen molar-refractivity contribution >= 4 is 0 Å². The smallest absolute Gasteiger partial charge is 0.106 e. The fourth-order valence-electron chi connectivity index (χ4n) is 2.36. The quantitative estimate of drug-likeness (QED) is 0.911. The minimum absolute atomic E-state index is 0.569. The molecule has 3 heteroatoms. The highest BCUT2D eigenvalue weighted by Crippen LogP contribution is 2.26. The van der Waals surface area contributed by atoms with Crippen molar-refractivity contribution in [2.45, 2.75) is 33.2 Å². The van der Waals surface area contributed by atoms with Crippen molar-refractivity contribution in [2.24, 2.45) is 7.05 Å². The van der Waals surface area contributed by atoms with Crippen molar-refractivity contribution in [2.75, 3.05) is 7.05 Å². The lowest BCUT2D eigenvalue weighted by atomic mass is 10.0. The summed E-state index contributed by atoms with van der Waals surface area (Å²) in [4.78, 5) is 4.63. The molecule has 0 aliphatic carbocycles. The van der Waals surface area contributed by atoms with E-state index in [4.69, 9.17) is 0 Å². The van der Waals surface area contributed by atoms with Crippen molar-refractivity contribution in [1.29, 1.82) is 0 Å². The number of aromatic nitrogens is 2. The number of nitrogens with zero attached hydrogens (tertiary/aromatic N) is 2. The molecule has 2 aromatic rings. The zero-order chi connectivity index (χ0) is 14.0. The fourth-order valence-corrected chi connectivity index (χ4v) is 2.36. The summed E-state index contributed by atoms with van der Waals surface area (Å²) in [6.45, 7) is 7.28. The second kappa shape index (κ2) is 5.57. The Morgan fingerprint density at radius 1 is 1.21 bits per heavy atom. The molecule has 0 bridgehead atoms. The van der Waals surface area contributed by atoms with E-state index in [1.807, 2.05) is 14.0 Å². The van der Waals surface area contributed by atoms with Gasteiger partial charge in [-0.05, 0) is 25.5 Å². The Kier molecular flexibility index (Phi) is 4.05. The first-order valence-electron chi connectivity index (χ1n) is 6.81. The average Bonchev–Trinajstić information content (AvgIpc) is 2.66. The van der Waals surface area contributed by atoms with Gasteiger partial charge in [0.1, 0.15) is 5.82 Å². The minimum Gasteiger partial charge on any atom is -0.331 e. The van der Waals surface area contributed by atoms with Crippen LogP contribution in [0.3, 0.4) is 0 Å². The van der Waals surface area contributed by atoms with Crippen molar-refractivity contribution in [3.63, 3.8) is 0 Å². The van der Waals surface area contributed by atoms with Gasteiger partial charge in [0.2, 0.25) is 0 Å². The topological polar surface area (TPSA) is 29.9 Å². The predicted octanol–water partition coefficient (Wildman–Crippen LogP) is 3.24. The average molecular weight is 257 g/mol. The van der Waals surface area contributed by atoms with E-state index < -0.39 is 0 Å². The molecular weight excluding hydrogens is 234 g/mol. The maximum Gasteiger partial charge on any atom is 0.106 e. The molecule has 0 fully saturated rings. The summed E-state index contributed by atoms with van der Waals surface area (Å²) in [5, 5.41) is 3.19. The van der Waals surface area contributed by atoms with Gasteiger partial charge in [-0.2, -0.15) is 0 Å². The first-order valence-corrected chi connectivity index (χ1v) is 6.81. The zero-order valence-corrected chi connectivity index (χ0v) is 12.5. The Balaban J connectivity index is 2.45. The molecule has 0 amide bonds. The minimum atomic E-state index is 0.569. The Morgan fingerprint density at radius 2 is 1.84 bits per heavy atom. The molecule has 1 heterocycles. The SMILES string of the molecule is CNCc1nc(C)n(C)c1-c1ccc(C(C)C)cc1. The van der Waals surface area contributed by atoms with Gasteiger partial charge in [-0.1, -0.05) is 38.1 Å². The molecular formula is C16H23N3. The molecule has 2 rings (SSSR count). The van der Waals surface area contributed by atoms with Crippen LogP contribution in [0.4, 0.5) is 0 Å². The van der Waals surface area contributed by atoms with Gasteiger partial charge in [-0.3, -0.25) is 0 Å². The highest BCUT2D eigenvalue weighted by molar-refractivity contribution is 5.63. The van der Waals surface area contributed by atoms with E-state index in [1.165, 1.54) is 16.8 Å². The van der Waals surface area contributed by atoms with Crippen LogP contribution in [0.1, 0.15) is 36.8 Å². The van der Waals surface area contributed by atoms with E-state index in [1.54, 1.807) is 0 Å². The summed E-state index contributed by atoms with van der Waals surface area (Å²) in [7, 11) is 4.03. The molecule has 0 aliphatic rings. The van der Waals surface area contributed by atoms with Crippen LogP contribution in [0.25, 0.3) is 11.3 Å². The monoisotopic (exact) mass is 257 g/mol. The standard InChI is InChI=1S/C16H23N3/c1-11(2)13-6-8-14(9-7-13)16-15(10-17-4)18-12(3)19(16)5/h6-9,11,17H,10H2,1-5H3. The molecule has 0 radical (unpaired) electrons. The van der Waals surface area contributed by atoms with Crippen molar-refractivity contribution in [1.82, 2.24) is 14.9 Å². The van der Waals surface area contributed by atoms with E-state index in [9.17, 15) is 0 Å². The molecule has 0 spiro atoms. The van der Waals surface area contributed by atoms with Crippen LogP contribution in [0.15, 0.2) is 24.3 Å². The van der Waals surface area contributed by atoms with Gasteiger partial charge in [0, 0.05) is 19.2 Å². The third-order valence-electron chi connectivity index (χ3n) is 3.59. The predicted molar refractivity (Wildman–Crippen MR) is 80.2 cm³/mol. The first kappa shape index (κ1) is 13.8. The lowest BCUT2D eigenvalue weighted by Gasteiger charge is -2.09. The summed E-state index contributed by atoms with van der Waals surface area (Å²) in [6, 6.07) is 8.83. The summed E-state index contributed by atoms with van der Waals surface area (Å²) in [5.74, 6) is 1.62. The van der Waals surface area contributed by atoms with Crippen molar-refractivity contribution in [3.05, 3.63) is 41.3 Å². The van der Waals surface area contributed by atoms with Gasteiger partial charge in [-0.15, -0.1) is 0 Å². The van der Waals surface area contributed by atoms with Gasteiger partial charge in [0.25, 0.3) is 0 Å². The molecule has 1 N–H and O–H groups in total. The zero-order valence-electron chi connectivity index (χ0n) is 12.5. The van der Waals surface area contributed by atoms with Gasteiger partial charge >= 0.3 is 0 Å². The molecule has 0 atom stereocenters. The molecule has 0 saturated carbocycles. The second-order valence-electron chi connectivity index (χ2n) is 5.32. The summed E-state index contributed by atoms with van der Waals surface area (Å²) in [5.41, 5.74) is 4.93. The molecule has 0 unspecified atom stereocenters. The largest absolute Gasteiger partial charge is 0.331 e. The number of nitrogens with one attached hydrogen (secondary N) is 1. The Morgan fingerprint density at radius 3 is 2.37 bits per heavy atom. The number of hydrogen-bond acceptors (Lipinski definition) is 2. The number of rotatable bonds is 4. The third kappa shape index (κ3) is 2.71. The molecule has 19 heavy (non-hydrogen) atoms. The number of imidazole rings is 1. The third-order valence-corrected chi connectivity index (χ3v) is 3.59. The Bertz CT molecular complexity index is 550. The van der Waals surface area contributed by atoms with Gasteiger partial charge in [-0.25, -0.2) is 4.98 Å². The van der Waals surface area contributed by atoms with Gasteiger partial charge in [0.15, 0.2) is 0 Å². The number of benzene rings is 1. The van der Waals surface area contributed by atoms with Crippen LogP contribution in [0.2, 0.25) is 0 Å². The van der Waals surface area contributed by atoms with E-state index in [0.29, 0.717) is 5.92 Å². The summed E-state index contributed by atoms with van der Waals surface area (Å²) >= 11 is 0. The summed E-state index contributed by atoms with van der Waals surface area (Å²) in [6.07, 6.45) is 0. The number of hydrogen-bond donors (Lipinski definition) is 1. The highest BCUT2D eigenvalue weighted by Gasteiger charge is 2.13. The van der Waals surface area contributed by atoms with E-state index >= 15 is 0 Å². The molecule has 1 aromatic heterocycles. The first-order chi connectivity index (χ1) is 9.04. The van der Waals surface area contributed by atoms with Crippen LogP contribution in [0, 0.1) is 6.92 Å². The van der Waals surface area contributed by atoms with Crippen molar-refractivity contribution in [3.8, 4) is 11.3 Å². The lowest BCUT2D eigenvalue weighted by molar-refractivity contribution is 0.796. The Hall–Kier alpha value is -1.61. The normalized spacial score (nSPS) is 11.3. The molecule has 3 nitrogen and oxygen atoms in total. The van der Waals surface area contributed by atoms with Crippen LogP contribution in [-0.4, -0.2) is 16.6 Å². The second-order valence-corrected chi connectivity index (χ2v) is 5.32. The van der Waals surface area contributed by atoms with Crippen LogP contribution >= 0.6 is 0 Å². The maximum atomic E-state index is 4.63. The molecule has 1 aromatic carbocycles. The van der Waals surface area contributed by atoms with E-state index in [-0.39, 0.29) is 0 Å². The highest BCUT2D eigenvalue weighted by atomic mass is 15.1. The van der Waals surface area contributed by atoms with Crippen LogP contribution in [0.5, 0.6) is 0 Å². The molecule has 102 valence electrons. The lowest BCUT2D eigenvalue weighted by Crippen LogP contribution is -2.07.